The van der Waals surface area contributed by atoms with Gasteiger partial charge in [-0.1, -0.05) is 6.42 Å². The minimum Gasteiger partial charge on any atom is -0.406 e. The SMILES string of the molecule is OCC1(F)CN(c2ccnc3c2c(C2CCC2)nn3-c2ccc(OC(F)(F)F)cc2)C1. The van der Waals surface area contributed by atoms with Crippen LogP contribution in [0.2, 0.25) is 0 Å². The van der Waals surface area contributed by atoms with Crippen LogP contribution in [-0.4, -0.2) is 51.6 Å². The van der Waals surface area contributed by atoms with Gasteiger partial charge in [-0.25, -0.2) is 14.1 Å². The number of ether oxygens (including phenoxy) is 1. The first-order valence-corrected chi connectivity index (χ1v) is 10.0. The Kier molecular flexibility index (Phi) is 4.58. The van der Waals surface area contributed by atoms with Gasteiger partial charge in [0.1, 0.15) is 5.75 Å². The fraction of sp³-hybridized carbons (Fsp3) is 0.429. The molecule has 2 aromatic heterocycles. The summed E-state index contributed by atoms with van der Waals surface area (Å²) in [5.74, 6) is -0.0572. The number of nitrogens with zero attached hydrogens (tertiary/aromatic N) is 4. The van der Waals surface area contributed by atoms with Gasteiger partial charge in [0.2, 0.25) is 0 Å². The number of anilines is 1. The number of aliphatic hydroxyl groups excluding tert-OH is 1. The Morgan fingerprint density at radius 2 is 1.84 bits per heavy atom. The summed E-state index contributed by atoms with van der Waals surface area (Å²) in [5, 5.41) is 14.8. The normalized spacial score (nSPS) is 18.7. The smallest absolute Gasteiger partial charge is 0.406 e. The highest BCUT2D eigenvalue weighted by Gasteiger charge is 2.44. The van der Waals surface area contributed by atoms with Gasteiger partial charge in [-0.3, -0.25) is 0 Å². The van der Waals surface area contributed by atoms with Crippen molar-refractivity contribution < 1.29 is 27.4 Å². The molecule has 5 rings (SSSR count). The summed E-state index contributed by atoms with van der Waals surface area (Å²) in [6.45, 7) is -0.360. The van der Waals surface area contributed by atoms with Crippen LogP contribution in [0.5, 0.6) is 5.75 Å². The second-order valence-corrected chi connectivity index (χ2v) is 8.16. The Labute approximate surface area is 175 Å². The fourth-order valence-corrected chi connectivity index (χ4v) is 4.16. The van der Waals surface area contributed by atoms with E-state index in [1.807, 2.05) is 11.0 Å². The molecule has 3 aromatic rings. The largest absolute Gasteiger partial charge is 0.573 e. The predicted molar refractivity (Wildman–Crippen MR) is 105 cm³/mol. The van der Waals surface area contributed by atoms with Crippen molar-refractivity contribution in [1.29, 1.82) is 0 Å². The molecule has 1 N–H and O–H groups in total. The minimum absolute atomic E-state index is 0.0847. The molecule has 3 heterocycles. The van der Waals surface area contributed by atoms with Gasteiger partial charge in [-0.05, 0) is 43.2 Å². The van der Waals surface area contributed by atoms with E-state index in [0.717, 1.165) is 36.0 Å². The number of pyridine rings is 1. The summed E-state index contributed by atoms with van der Waals surface area (Å²) >= 11 is 0. The number of aliphatic hydroxyl groups is 1. The Balaban J connectivity index is 1.56. The quantitative estimate of drug-likeness (QED) is 0.610. The van der Waals surface area contributed by atoms with E-state index < -0.39 is 18.6 Å². The van der Waals surface area contributed by atoms with Gasteiger partial charge in [0.25, 0.3) is 0 Å². The van der Waals surface area contributed by atoms with Crippen LogP contribution in [0.4, 0.5) is 23.2 Å². The highest BCUT2D eigenvalue weighted by atomic mass is 19.4. The second kappa shape index (κ2) is 7.08. The Morgan fingerprint density at radius 3 is 2.42 bits per heavy atom. The molecule has 0 spiro atoms. The van der Waals surface area contributed by atoms with Gasteiger partial charge >= 0.3 is 6.36 Å². The molecule has 31 heavy (non-hydrogen) atoms. The van der Waals surface area contributed by atoms with Crippen LogP contribution in [0.25, 0.3) is 16.7 Å². The first-order chi connectivity index (χ1) is 14.8. The molecule has 1 aliphatic heterocycles. The maximum absolute atomic E-state index is 14.3. The van der Waals surface area contributed by atoms with Crippen molar-refractivity contribution in [3.05, 3.63) is 42.2 Å². The maximum Gasteiger partial charge on any atom is 0.573 e. The van der Waals surface area contributed by atoms with E-state index in [2.05, 4.69) is 9.72 Å². The number of alkyl halides is 4. The first kappa shape index (κ1) is 20.0. The van der Waals surface area contributed by atoms with E-state index in [4.69, 9.17) is 5.10 Å². The van der Waals surface area contributed by atoms with Crippen molar-refractivity contribution in [2.24, 2.45) is 0 Å². The van der Waals surface area contributed by atoms with Gasteiger partial charge in [-0.15, -0.1) is 13.2 Å². The lowest BCUT2D eigenvalue weighted by molar-refractivity contribution is -0.274. The Bertz CT molecular complexity index is 1100. The van der Waals surface area contributed by atoms with Crippen molar-refractivity contribution in [2.45, 2.75) is 37.2 Å². The van der Waals surface area contributed by atoms with Crippen LogP contribution in [0.1, 0.15) is 30.9 Å². The molecule has 2 aliphatic rings. The lowest BCUT2D eigenvalue weighted by Crippen LogP contribution is -2.61. The van der Waals surface area contributed by atoms with Crippen LogP contribution in [0, 0.1) is 0 Å². The molecule has 1 saturated heterocycles. The van der Waals surface area contributed by atoms with Gasteiger partial charge in [0.15, 0.2) is 11.3 Å². The molecule has 2 fully saturated rings. The van der Waals surface area contributed by atoms with E-state index in [1.165, 1.54) is 24.3 Å². The molecular weight excluding hydrogens is 416 g/mol. The molecule has 0 radical (unpaired) electrons. The van der Waals surface area contributed by atoms with Gasteiger partial charge in [0.05, 0.1) is 42.2 Å². The standard InChI is InChI=1S/C21H20F4N4O2/c22-20(12-30)10-28(11-20)16-8-9-26-19-17(16)18(13-2-1-3-13)27-29(19)14-4-6-15(7-5-14)31-21(23,24)25/h4-9,13,30H,1-3,10-12H2. The van der Waals surface area contributed by atoms with E-state index in [9.17, 15) is 22.7 Å². The molecule has 10 heteroatoms. The molecule has 1 aromatic carbocycles. The third kappa shape index (κ3) is 3.58. The summed E-state index contributed by atoms with van der Waals surface area (Å²) in [6.07, 6.45) is -0.0746. The van der Waals surface area contributed by atoms with Gasteiger partial charge in [-0.2, -0.15) is 5.10 Å². The zero-order chi connectivity index (χ0) is 21.8. The maximum atomic E-state index is 14.3. The number of hydrogen-bond acceptors (Lipinski definition) is 5. The topological polar surface area (TPSA) is 63.4 Å². The fourth-order valence-electron chi connectivity index (χ4n) is 4.16. The number of benzene rings is 1. The van der Waals surface area contributed by atoms with Crippen LogP contribution in [0.15, 0.2) is 36.5 Å². The summed E-state index contributed by atoms with van der Waals surface area (Å²) in [5.41, 5.74) is 1.16. The van der Waals surface area contributed by atoms with Crippen LogP contribution < -0.4 is 9.64 Å². The summed E-state index contributed by atoms with van der Waals surface area (Å²) < 4.78 is 57.2. The number of fused-ring (bicyclic) bond motifs is 1. The molecule has 164 valence electrons. The summed E-state index contributed by atoms with van der Waals surface area (Å²) in [7, 11) is 0. The third-order valence-corrected chi connectivity index (χ3v) is 5.95. The van der Waals surface area contributed by atoms with Crippen molar-refractivity contribution in [1.82, 2.24) is 14.8 Å². The average Bonchev–Trinajstić information content (AvgIpc) is 3.03. The van der Waals surface area contributed by atoms with Crippen LogP contribution >= 0.6 is 0 Å². The average molecular weight is 436 g/mol. The first-order valence-electron chi connectivity index (χ1n) is 10.0. The highest BCUT2D eigenvalue weighted by molar-refractivity contribution is 5.94. The predicted octanol–water partition coefficient (Wildman–Crippen LogP) is 4.11. The van der Waals surface area contributed by atoms with Gasteiger partial charge < -0.3 is 14.7 Å². The van der Waals surface area contributed by atoms with E-state index in [0.29, 0.717) is 11.3 Å². The zero-order valence-electron chi connectivity index (χ0n) is 16.4. The summed E-state index contributed by atoms with van der Waals surface area (Å²) in [6, 6.07) is 7.27. The molecule has 0 bridgehead atoms. The van der Waals surface area contributed by atoms with Gasteiger partial charge in [0, 0.05) is 12.1 Å². The zero-order valence-corrected chi connectivity index (χ0v) is 16.4. The minimum atomic E-state index is -4.76. The van der Waals surface area contributed by atoms with Crippen molar-refractivity contribution in [3.8, 4) is 11.4 Å². The molecule has 1 aliphatic carbocycles. The molecular formula is C21H20F4N4O2. The Morgan fingerprint density at radius 1 is 1.13 bits per heavy atom. The number of halogens is 4. The highest BCUT2D eigenvalue weighted by Crippen LogP contribution is 2.44. The molecule has 0 amide bonds. The Hall–Kier alpha value is -2.88. The molecule has 0 atom stereocenters. The lowest BCUT2D eigenvalue weighted by Gasteiger charge is -2.45. The number of rotatable bonds is 5. The molecule has 0 unspecified atom stereocenters. The van der Waals surface area contributed by atoms with Crippen LogP contribution in [-0.2, 0) is 0 Å². The van der Waals surface area contributed by atoms with Crippen molar-refractivity contribution in [2.75, 3.05) is 24.6 Å². The number of hydrogen-bond donors (Lipinski definition) is 1. The van der Waals surface area contributed by atoms with E-state index >= 15 is 0 Å². The van der Waals surface area contributed by atoms with Crippen molar-refractivity contribution >= 4 is 16.7 Å². The third-order valence-electron chi connectivity index (χ3n) is 5.95. The number of aromatic nitrogens is 3. The van der Waals surface area contributed by atoms with E-state index in [-0.39, 0.29) is 24.8 Å². The molecule has 1 saturated carbocycles. The second-order valence-electron chi connectivity index (χ2n) is 8.16. The van der Waals surface area contributed by atoms with E-state index in [1.54, 1.807) is 10.9 Å². The summed E-state index contributed by atoms with van der Waals surface area (Å²) in [4.78, 5) is 6.33. The molecule has 6 nitrogen and oxygen atoms in total. The monoisotopic (exact) mass is 436 g/mol. The van der Waals surface area contributed by atoms with Crippen LogP contribution in [0.3, 0.4) is 0 Å². The van der Waals surface area contributed by atoms with Crippen molar-refractivity contribution in [3.63, 3.8) is 0 Å². The lowest BCUT2D eigenvalue weighted by atomic mass is 9.81.